The third-order valence-electron chi connectivity index (χ3n) is 2.99. The molecule has 0 radical (unpaired) electrons. The number of oxazole rings is 1. The molecule has 1 saturated heterocycles. The third-order valence-corrected chi connectivity index (χ3v) is 3.48. The summed E-state index contributed by atoms with van der Waals surface area (Å²) in [5.41, 5.74) is 2.06. The average molecular weight is 293 g/mol. The Morgan fingerprint density at radius 1 is 1.41 bits per heavy atom. The van der Waals surface area contributed by atoms with E-state index >= 15 is 0 Å². The quantitative estimate of drug-likeness (QED) is 0.945. The van der Waals surface area contributed by atoms with Gasteiger partial charge >= 0.3 is 0 Å². The summed E-state index contributed by atoms with van der Waals surface area (Å²) in [6, 6.07) is 8.00. The Bertz CT molecular complexity index is 520. The molecule has 0 aliphatic carbocycles. The van der Waals surface area contributed by atoms with Gasteiger partial charge in [0.15, 0.2) is 0 Å². The van der Waals surface area contributed by atoms with E-state index in [2.05, 4.69) is 26.2 Å². The second-order valence-corrected chi connectivity index (χ2v) is 5.30. The summed E-state index contributed by atoms with van der Waals surface area (Å²) in [6.45, 7) is 2.19. The molecule has 1 N–H and O–H groups in total. The molecule has 0 saturated carbocycles. The second kappa shape index (κ2) is 4.63. The summed E-state index contributed by atoms with van der Waals surface area (Å²) in [5.74, 6) is 1.42. The number of nitrogens with zero attached hydrogens (tertiary/aromatic N) is 1. The van der Waals surface area contributed by atoms with Crippen LogP contribution in [0.3, 0.4) is 0 Å². The molecule has 1 fully saturated rings. The van der Waals surface area contributed by atoms with Crippen LogP contribution in [0.5, 0.6) is 0 Å². The van der Waals surface area contributed by atoms with Crippen LogP contribution in [0.25, 0.3) is 11.5 Å². The minimum Gasteiger partial charge on any atom is -0.444 e. The molecule has 0 amide bonds. The second-order valence-electron chi connectivity index (χ2n) is 4.38. The number of hydrogen-bond acceptors (Lipinski definition) is 3. The fourth-order valence-electron chi connectivity index (χ4n) is 1.94. The summed E-state index contributed by atoms with van der Waals surface area (Å²) in [4.78, 5) is 4.53. The van der Waals surface area contributed by atoms with Crippen molar-refractivity contribution in [2.45, 2.75) is 6.42 Å². The zero-order valence-electron chi connectivity index (χ0n) is 9.32. The first-order chi connectivity index (χ1) is 8.31. The van der Waals surface area contributed by atoms with Crippen molar-refractivity contribution in [1.29, 1.82) is 0 Å². The lowest BCUT2D eigenvalue weighted by molar-refractivity contribution is 0.344. The number of rotatable bonds is 3. The molecule has 3 rings (SSSR count). The van der Waals surface area contributed by atoms with E-state index in [4.69, 9.17) is 4.42 Å². The van der Waals surface area contributed by atoms with Crippen LogP contribution in [0, 0.1) is 5.92 Å². The number of benzene rings is 1. The molecular weight excluding hydrogens is 280 g/mol. The Labute approximate surface area is 108 Å². The summed E-state index contributed by atoms with van der Waals surface area (Å²) >= 11 is 3.45. The van der Waals surface area contributed by atoms with E-state index in [9.17, 15) is 0 Å². The fraction of sp³-hybridized carbons (Fsp3) is 0.308. The van der Waals surface area contributed by atoms with E-state index in [-0.39, 0.29) is 0 Å². The average Bonchev–Trinajstić information content (AvgIpc) is 2.72. The van der Waals surface area contributed by atoms with Crippen molar-refractivity contribution in [2.24, 2.45) is 5.92 Å². The monoisotopic (exact) mass is 292 g/mol. The Morgan fingerprint density at radius 3 is 3.00 bits per heavy atom. The zero-order valence-corrected chi connectivity index (χ0v) is 10.9. The number of nitrogens with one attached hydrogen (secondary N) is 1. The molecule has 17 heavy (non-hydrogen) atoms. The molecule has 1 aliphatic heterocycles. The van der Waals surface area contributed by atoms with E-state index in [1.807, 2.05) is 24.3 Å². The molecule has 2 aromatic rings. The first-order valence-corrected chi connectivity index (χ1v) is 6.51. The van der Waals surface area contributed by atoms with Crippen LogP contribution in [0.4, 0.5) is 0 Å². The van der Waals surface area contributed by atoms with Gasteiger partial charge < -0.3 is 9.73 Å². The van der Waals surface area contributed by atoms with Crippen LogP contribution >= 0.6 is 15.9 Å². The summed E-state index contributed by atoms with van der Waals surface area (Å²) in [6.07, 6.45) is 2.78. The number of halogens is 1. The number of hydrogen-bond donors (Lipinski definition) is 1. The molecule has 3 nitrogen and oxygen atoms in total. The van der Waals surface area contributed by atoms with Crippen molar-refractivity contribution in [3.05, 3.63) is 40.7 Å². The van der Waals surface area contributed by atoms with Crippen molar-refractivity contribution < 1.29 is 4.42 Å². The summed E-state index contributed by atoms with van der Waals surface area (Å²) in [7, 11) is 0. The van der Waals surface area contributed by atoms with Gasteiger partial charge in [0.1, 0.15) is 6.26 Å². The van der Waals surface area contributed by atoms with E-state index in [0.29, 0.717) is 5.89 Å². The van der Waals surface area contributed by atoms with Crippen LogP contribution in [-0.2, 0) is 6.42 Å². The zero-order chi connectivity index (χ0) is 11.7. The van der Waals surface area contributed by atoms with Crippen LogP contribution < -0.4 is 5.32 Å². The SMILES string of the molecule is Brc1cccc(-c2nc(CC3CNC3)co2)c1. The van der Waals surface area contributed by atoms with Gasteiger partial charge in [-0.2, -0.15) is 0 Å². The van der Waals surface area contributed by atoms with Gasteiger partial charge in [0.05, 0.1) is 5.69 Å². The maximum atomic E-state index is 5.52. The largest absolute Gasteiger partial charge is 0.444 e. The highest BCUT2D eigenvalue weighted by Gasteiger charge is 2.19. The third kappa shape index (κ3) is 2.42. The van der Waals surface area contributed by atoms with Gasteiger partial charge in [-0.05, 0) is 43.6 Å². The van der Waals surface area contributed by atoms with E-state index in [0.717, 1.165) is 41.2 Å². The lowest BCUT2D eigenvalue weighted by Crippen LogP contribution is -2.43. The Morgan fingerprint density at radius 2 is 2.29 bits per heavy atom. The van der Waals surface area contributed by atoms with E-state index in [1.165, 1.54) is 0 Å². The number of aromatic nitrogens is 1. The molecule has 1 aliphatic rings. The van der Waals surface area contributed by atoms with Crippen LogP contribution in [0.2, 0.25) is 0 Å². The van der Waals surface area contributed by atoms with Crippen molar-refractivity contribution in [1.82, 2.24) is 10.3 Å². The van der Waals surface area contributed by atoms with Gasteiger partial charge in [-0.1, -0.05) is 22.0 Å². The maximum absolute atomic E-state index is 5.52. The fourth-order valence-corrected chi connectivity index (χ4v) is 2.34. The highest BCUT2D eigenvalue weighted by molar-refractivity contribution is 9.10. The molecule has 1 aromatic carbocycles. The molecule has 1 aromatic heterocycles. The van der Waals surface area contributed by atoms with Crippen molar-refractivity contribution >= 4 is 15.9 Å². The van der Waals surface area contributed by atoms with Gasteiger partial charge in [0.2, 0.25) is 5.89 Å². The van der Waals surface area contributed by atoms with Gasteiger partial charge in [0.25, 0.3) is 0 Å². The highest BCUT2D eigenvalue weighted by atomic mass is 79.9. The lowest BCUT2D eigenvalue weighted by atomic mass is 9.98. The molecule has 0 atom stereocenters. The smallest absolute Gasteiger partial charge is 0.226 e. The maximum Gasteiger partial charge on any atom is 0.226 e. The van der Waals surface area contributed by atoms with Gasteiger partial charge in [-0.15, -0.1) is 0 Å². The molecular formula is C13H13BrN2O. The van der Waals surface area contributed by atoms with E-state index in [1.54, 1.807) is 6.26 Å². The van der Waals surface area contributed by atoms with Crippen molar-refractivity contribution in [3.8, 4) is 11.5 Å². The molecule has 88 valence electrons. The predicted octanol–water partition coefficient (Wildman–Crippen LogP) is 2.87. The minimum atomic E-state index is 0.702. The Kier molecular flexibility index (Phi) is 2.99. The van der Waals surface area contributed by atoms with Crippen molar-refractivity contribution in [3.63, 3.8) is 0 Å². The molecule has 2 heterocycles. The predicted molar refractivity (Wildman–Crippen MR) is 69.7 cm³/mol. The van der Waals surface area contributed by atoms with Crippen LogP contribution in [0.1, 0.15) is 5.69 Å². The van der Waals surface area contributed by atoms with Crippen LogP contribution in [0.15, 0.2) is 39.4 Å². The molecule has 0 spiro atoms. The first-order valence-electron chi connectivity index (χ1n) is 5.72. The molecule has 4 heteroatoms. The summed E-state index contributed by atoms with van der Waals surface area (Å²) in [5, 5.41) is 3.26. The van der Waals surface area contributed by atoms with Crippen molar-refractivity contribution in [2.75, 3.05) is 13.1 Å². The standard InChI is InChI=1S/C13H13BrN2O/c14-11-3-1-2-10(5-11)13-16-12(8-17-13)4-9-6-15-7-9/h1-3,5,8-9,15H,4,6-7H2. The lowest BCUT2D eigenvalue weighted by Gasteiger charge is -2.25. The Hall–Kier alpha value is -1.13. The van der Waals surface area contributed by atoms with Crippen LogP contribution in [-0.4, -0.2) is 18.1 Å². The van der Waals surface area contributed by atoms with Gasteiger partial charge in [-0.25, -0.2) is 4.98 Å². The Balaban J connectivity index is 1.79. The minimum absolute atomic E-state index is 0.702. The topological polar surface area (TPSA) is 38.1 Å². The van der Waals surface area contributed by atoms with E-state index < -0.39 is 0 Å². The van der Waals surface area contributed by atoms with Gasteiger partial charge in [0, 0.05) is 10.0 Å². The van der Waals surface area contributed by atoms with Gasteiger partial charge in [-0.3, -0.25) is 0 Å². The summed E-state index contributed by atoms with van der Waals surface area (Å²) < 4.78 is 6.56. The molecule has 0 bridgehead atoms. The first kappa shape index (κ1) is 11.0. The normalized spacial score (nSPS) is 15.8. The molecule has 0 unspecified atom stereocenters. The highest BCUT2D eigenvalue weighted by Crippen LogP contribution is 2.23.